The lowest BCUT2D eigenvalue weighted by Crippen LogP contribution is -2.12. The summed E-state index contributed by atoms with van der Waals surface area (Å²) in [6.07, 6.45) is 4.12. The molecule has 19 heavy (non-hydrogen) atoms. The van der Waals surface area contributed by atoms with E-state index < -0.39 is 0 Å². The Hall–Kier alpha value is -1.94. The van der Waals surface area contributed by atoms with Gasteiger partial charge in [-0.05, 0) is 24.6 Å². The van der Waals surface area contributed by atoms with Crippen LogP contribution in [0.3, 0.4) is 0 Å². The van der Waals surface area contributed by atoms with Gasteiger partial charge in [0, 0.05) is 17.3 Å². The van der Waals surface area contributed by atoms with Crippen molar-refractivity contribution < 1.29 is 4.79 Å². The van der Waals surface area contributed by atoms with Gasteiger partial charge in [-0.2, -0.15) is 0 Å². The topological polar surface area (TPSA) is 34.9 Å². The SMILES string of the molecule is Cc1nc(CC(=O)n2cc3ccccc3c2)c(C)s1. The smallest absolute Gasteiger partial charge is 0.236 e. The van der Waals surface area contributed by atoms with Crippen molar-refractivity contribution in [2.24, 2.45) is 0 Å². The number of aryl methyl sites for hydroxylation is 2. The van der Waals surface area contributed by atoms with Crippen LogP contribution >= 0.6 is 11.3 Å². The van der Waals surface area contributed by atoms with Gasteiger partial charge in [0.2, 0.25) is 5.91 Å². The van der Waals surface area contributed by atoms with Crippen molar-refractivity contribution in [3.8, 4) is 0 Å². The third kappa shape index (κ3) is 2.31. The van der Waals surface area contributed by atoms with Gasteiger partial charge in [0.15, 0.2) is 0 Å². The largest absolute Gasteiger partial charge is 0.293 e. The molecule has 0 radical (unpaired) electrons. The third-order valence-corrected chi connectivity index (χ3v) is 4.09. The number of fused-ring (bicyclic) bond motifs is 1. The quantitative estimate of drug-likeness (QED) is 0.713. The number of thiazole rings is 1. The Bertz CT molecular complexity index is 721. The fourth-order valence-electron chi connectivity index (χ4n) is 2.20. The van der Waals surface area contributed by atoms with Crippen molar-refractivity contribution in [1.29, 1.82) is 0 Å². The minimum Gasteiger partial charge on any atom is -0.293 e. The maximum atomic E-state index is 12.3. The fraction of sp³-hybridized carbons (Fsp3) is 0.200. The molecular formula is C15H14N2OS. The van der Waals surface area contributed by atoms with Crippen molar-refractivity contribution in [1.82, 2.24) is 9.55 Å². The van der Waals surface area contributed by atoms with E-state index in [4.69, 9.17) is 0 Å². The van der Waals surface area contributed by atoms with E-state index in [0.717, 1.165) is 26.4 Å². The maximum Gasteiger partial charge on any atom is 0.236 e. The van der Waals surface area contributed by atoms with Gasteiger partial charge in [-0.15, -0.1) is 11.3 Å². The van der Waals surface area contributed by atoms with E-state index in [9.17, 15) is 4.79 Å². The summed E-state index contributed by atoms with van der Waals surface area (Å²) in [5.74, 6) is 0.0598. The number of nitrogens with zero attached hydrogens (tertiary/aromatic N) is 2. The summed E-state index contributed by atoms with van der Waals surface area (Å²) in [6, 6.07) is 7.98. The zero-order chi connectivity index (χ0) is 13.4. The number of aromatic nitrogens is 2. The molecule has 0 spiro atoms. The molecule has 3 aromatic rings. The van der Waals surface area contributed by atoms with Crippen LogP contribution in [0.25, 0.3) is 10.8 Å². The molecule has 3 nitrogen and oxygen atoms in total. The molecule has 0 saturated heterocycles. The molecule has 96 valence electrons. The van der Waals surface area contributed by atoms with Crippen LogP contribution in [-0.2, 0) is 6.42 Å². The summed E-state index contributed by atoms with van der Waals surface area (Å²) in [5, 5.41) is 3.18. The standard InChI is InChI=1S/C15H14N2OS/c1-10-14(16-11(2)19-10)7-15(18)17-8-12-5-3-4-6-13(12)9-17/h3-6,8-9H,7H2,1-2H3. The lowest BCUT2D eigenvalue weighted by Gasteiger charge is -2.00. The number of hydrogen-bond acceptors (Lipinski definition) is 3. The average molecular weight is 270 g/mol. The maximum absolute atomic E-state index is 12.3. The van der Waals surface area contributed by atoms with E-state index in [1.54, 1.807) is 15.9 Å². The molecular weight excluding hydrogens is 256 g/mol. The van der Waals surface area contributed by atoms with Crippen LogP contribution in [0.4, 0.5) is 0 Å². The molecule has 2 aromatic heterocycles. The summed E-state index contributed by atoms with van der Waals surface area (Å²) < 4.78 is 1.67. The Morgan fingerprint density at radius 2 is 1.84 bits per heavy atom. The first-order valence-electron chi connectivity index (χ1n) is 6.16. The van der Waals surface area contributed by atoms with E-state index >= 15 is 0 Å². The average Bonchev–Trinajstić information content (AvgIpc) is 2.93. The van der Waals surface area contributed by atoms with Gasteiger partial charge in [0.05, 0.1) is 17.1 Å². The highest BCUT2D eigenvalue weighted by molar-refractivity contribution is 7.11. The number of hydrogen-bond donors (Lipinski definition) is 0. The Kier molecular flexibility index (Phi) is 2.95. The molecule has 2 heterocycles. The predicted molar refractivity (Wildman–Crippen MR) is 77.9 cm³/mol. The van der Waals surface area contributed by atoms with E-state index in [2.05, 4.69) is 4.98 Å². The second-order valence-electron chi connectivity index (χ2n) is 4.60. The Morgan fingerprint density at radius 3 is 2.37 bits per heavy atom. The van der Waals surface area contributed by atoms with Crippen LogP contribution in [-0.4, -0.2) is 15.5 Å². The second kappa shape index (κ2) is 4.63. The highest BCUT2D eigenvalue weighted by atomic mass is 32.1. The molecule has 0 bridgehead atoms. The molecule has 1 aromatic carbocycles. The number of carbonyl (C=O) groups is 1. The first-order valence-corrected chi connectivity index (χ1v) is 6.98. The Balaban J connectivity index is 1.89. The zero-order valence-electron chi connectivity index (χ0n) is 10.9. The Labute approximate surface area is 115 Å². The molecule has 4 heteroatoms. The number of rotatable bonds is 2. The molecule has 0 fully saturated rings. The van der Waals surface area contributed by atoms with E-state index in [0.29, 0.717) is 6.42 Å². The monoisotopic (exact) mass is 270 g/mol. The van der Waals surface area contributed by atoms with Crippen molar-refractivity contribution in [3.05, 3.63) is 52.2 Å². The minimum absolute atomic E-state index is 0.0598. The molecule has 0 aliphatic rings. The van der Waals surface area contributed by atoms with Crippen molar-refractivity contribution >= 4 is 28.0 Å². The number of carbonyl (C=O) groups excluding carboxylic acids is 1. The van der Waals surface area contributed by atoms with E-state index in [1.165, 1.54) is 0 Å². The predicted octanol–water partition coefficient (Wildman–Crippen LogP) is 3.60. The molecule has 0 amide bonds. The van der Waals surface area contributed by atoms with Gasteiger partial charge < -0.3 is 0 Å². The van der Waals surface area contributed by atoms with Gasteiger partial charge in [-0.25, -0.2) is 4.98 Å². The lowest BCUT2D eigenvalue weighted by molar-refractivity contribution is 0.0913. The van der Waals surface area contributed by atoms with Crippen LogP contribution in [0, 0.1) is 13.8 Å². The summed E-state index contributed by atoms with van der Waals surface area (Å²) in [7, 11) is 0. The number of benzene rings is 1. The van der Waals surface area contributed by atoms with Crippen LogP contribution in [0.15, 0.2) is 36.7 Å². The Morgan fingerprint density at radius 1 is 1.21 bits per heavy atom. The summed E-state index contributed by atoms with van der Waals surface area (Å²) in [6.45, 7) is 3.98. The zero-order valence-corrected chi connectivity index (χ0v) is 11.7. The minimum atomic E-state index is 0.0598. The third-order valence-electron chi connectivity index (χ3n) is 3.16. The molecule has 0 unspecified atom stereocenters. The van der Waals surface area contributed by atoms with E-state index in [-0.39, 0.29) is 5.91 Å². The molecule has 0 aliphatic carbocycles. The van der Waals surface area contributed by atoms with Crippen molar-refractivity contribution in [2.75, 3.05) is 0 Å². The highest BCUT2D eigenvalue weighted by Crippen LogP contribution is 2.19. The first kappa shape index (κ1) is 12.1. The van der Waals surface area contributed by atoms with Crippen LogP contribution in [0.2, 0.25) is 0 Å². The lowest BCUT2D eigenvalue weighted by atomic mass is 10.2. The van der Waals surface area contributed by atoms with Crippen LogP contribution in [0.1, 0.15) is 20.4 Å². The van der Waals surface area contributed by atoms with Crippen LogP contribution in [0.5, 0.6) is 0 Å². The summed E-state index contributed by atoms with van der Waals surface area (Å²) in [5.41, 5.74) is 0.894. The molecule has 0 saturated carbocycles. The van der Waals surface area contributed by atoms with Gasteiger partial charge in [-0.3, -0.25) is 9.36 Å². The molecule has 0 atom stereocenters. The van der Waals surface area contributed by atoms with E-state index in [1.807, 2.05) is 50.5 Å². The molecule has 0 N–H and O–H groups in total. The van der Waals surface area contributed by atoms with Crippen molar-refractivity contribution in [2.45, 2.75) is 20.3 Å². The van der Waals surface area contributed by atoms with Crippen LogP contribution < -0.4 is 0 Å². The first-order chi connectivity index (χ1) is 9.13. The second-order valence-corrected chi connectivity index (χ2v) is 6.01. The van der Waals surface area contributed by atoms with Gasteiger partial charge in [0.25, 0.3) is 0 Å². The highest BCUT2D eigenvalue weighted by Gasteiger charge is 2.12. The van der Waals surface area contributed by atoms with Gasteiger partial charge in [0.1, 0.15) is 0 Å². The molecule has 3 rings (SSSR count). The summed E-state index contributed by atoms with van der Waals surface area (Å²) >= 11 is 1.64. The summed E-state index contributed by atoms with van der Waals surface area (Å²) in [4.78, 5) is 17.8. The van der Waals surface area contributed by atoms with Crippen molar-refractivity contribution in [3.63, 3.8) is 0 Å². The normalized spacial score (nSPS) is 11.1. The molecule has 0 aliphatic heterocycles. The van der Waals surface area contributed by atoms with Gasteiger partial charge >= 0.3 is 0 Å². The van der Waals surface area contributed by atoms with Gasteiger partial charge in [-0.1, -0.05) is 24.3 Å². The fourth-order valence-corrected chi connectivity index (χ4v) is 3.03.